The number of nitrogens with zero attached hydrogens (tertiary/aromatic N) is 3. The monoisotopic (exact) mass is 313 g/mol. The summed E-state index contributed by atoms with van der Waals surface area (Å²) in [6.45, 7) is 0.584. The predicted molar refractivity (Wildman–Crippen MR) is 75.4 cm³/mol. The second-order valence-electron chi connectivity index (χ2n) is 5.13. The van der Waals surface area contributed by atoms with Crippen molar-refractivity contribution in [1.29, 1.82) is 0 Å². The fourth-order valence-electron chi connectivity index (χ4n) is 2.81. The number of imidazole rings is 1. The maximum Gasteiger partial charge on any atom is 0.245 e. The molecule has 1 amide bonds. The molecule has 1 aromatic carbocycles. The van der Waals surface area contributed by atoms with Crippen molar-refractivity contribution < 1.29 is 13.6 Å². The van der Waals surface area contributed by atoms with Crippen LogP contribution in [-0.2, 0) is 11.2 Å². The summed E-state index contributed by atoms with van der Waals surface area (Å²) in [6.07, 6.45) is 0.941. The van der Waals surface area contributed by atoms with Crippen LogP contribution >= 0.6 is 11.6 Å². The molecule has 0 radical (unpaired) electrons. The minimum atomic E-state index is -0.969. The van der Waals surface area contributed by atoms with Crippen molar-refractivity contribution in [2.75, 3.05) is 19.5 Å². The fourth-order valence-corrected chi connectivity index (χ4v) is 2.98. The number of amides is 1. The van der Waals surface area contributed by atoms with Gasteiger partial charge < -0.3 is 9.47 Å². The molecule has 112 valence electrons. The first kappa shape index (κ1) is 14.3. The molecule has 0 bridgehead atoms. The van der Waals surface area contributed by atoms with Crippen LogP contribution < -0.4 is 0 Å². The zero-order valence-electron chi connectivity index (χ0n) is 11.4. The molecule has 2 heterocycles. The summed E-state index contributed by atoms with van der Waals surface area (Å²) in [4.78, 5) is 18.1. The molecule has 0 N–H and O–H groups in total. The van der Waals surface area contributed by atoms with Crippen LogP contribution in [0.2, 0.25) is 0 Å². The van der Waals surface area contributed by atoms with Gasteiger partial charge in [0.25, 0.3) is 0 Å². The van der Waals surface area contributed by atoms with Gasteiger partial charge in [0.05, 0.1) is 5.52 Å². The Kier molecular flexibility index (Phi) is 3.57. The molecule has 0 spiro atoms. The van der Waals surface area contributed by atoms with Crippen molar-refractivity contribution in [2.45, 2.75) is 18.9 Å². The average molecular weight is 314 g/mol. The normalized spacial score (nSPS) is 19.0. The number of alkyl halides is 1. The Balaban J connectivity index is 2.25. The van der Waals surface area contributed by atoms with Crippen molar-refractivity contribution in [3.05, 3.63) is 29.6 Å². The van der Waals surface area contributed by atoms with Gasteiger partial charge in [-0.2, -0.15) is 0 Å². The Morgan fingerprint density at radius 3 is 2.81 bits per heavy atom. The number of likely N-dealkylation sites (N-methyl/N-ethyl adjacent to an activating group) is 1. The molecular weight excluding hydrogens is 300 g/mol. The Bertz CT molecular complexity index is 716. The summed E-state index contributed by atoms with van der Waals surface area (Å²) in [5, 5.41) is 0. The summed E-state index contributed by atoms with van der Waals surface area (Å²) in [5.41, 5.74) is 0.389. The third kappa shape index (κ3) is 2.18. The Morgan fingerprint density at radius 1 is 1.43 bits per heavy atom. The van der Waals surface area contributed by atoms with Crippen molar-refractivity contribution in [3.8, 4) is 0 Å². The van der Waals surface area contributed by atoms with Crippen LogP contribution in [0, 0.1) is 11.6 Å². The van der Waals surface area contributed by atoms with E-state index < -0.39 is 17.7 Å². The zero-order chi connectivity index (χ0) is 15.1. The van der Waals surface area contributed by atoms with Crippen LogP contribution in [0.4, 0.5) is 8.78 Å². The SMILES string of the molecule is CN1CCC(n2c(CCCl)nc3ccc(F)c(F)c32)C1=O. The maximum atomic E-state index is 14.2. The number of carbonyl (C=O) groups excluding carboxylic acids is 1. The minimum Gasteiger partial charge on any atom is -0.344 e. The number of hydrogen-bond donors (Lipinski definition) is 0. The number of aromatic nitrogens is 2. The van der Waals surface area contributed by atoms with Gasteiger partial charge in [0.1, 0.15) is 17.4 Å². The van der Waals surface area contributed by atoms with E-state index in [1.54, 1.807) is 11.9 Å². The van der Waals surface area contributed by atoms with Gasteiger partial charge in [0, 0.05) is 25.9 Å². The highest BCUT2D eigenvalue weighted by atomic mass is 35.5. The standard InChI is InChI=1S/C14H14ClF2N3O/c1-19-7-5-10(14(19)21)20-11(4-6-15)18-9-3-2-8(16)12(17)13(9)20/h2-3,10H,4-7H2,1H3. The molecule has 1 aromatic heterocycles. The van der Waals surface area contributed by atoms with E-state index in [0.717, 1.165) is 6.07 Å². The van der Waals surface area contributed by atoms with Gasteiger partial charge in [-0.05, 0) is 18.6 Å². The highest BCUT2D eigenvalue weighted by molar-refractivity contribution is 6.17. The summed E-state index contributed by atoms with van der Waals surface area (Å²) in [6, 6.07) is 1.92. The van der Waals surface area contributed by atoms with E-state index in [1.165, 1.54) is 10.6 Å². The van der Waals surface area contributed by atoms with Crippen LogP contribution in [0.25, 0.3) is 11.0 Å². The number of hydrogen-bond acceptors (Lipinski definition) is 2. The van der Waals surface area contributed by atoms with E-state index in [9.17, 15) is 13.6 Å². The van der Waals surface area contributed by atoms with Crippen LogP contribution in [-0.4, -0.2) is 39.8 Å². The molecule has 1 aliphatic heterocycles. The van der Waals surface area contributed by atoms with Gasteiger partial charge in [-0.15, -0.1) is 11.6 Å². The van der Waals surface area contributed by atoms with Gasteiger partial charge in [0.2, 0.25) is 5.91 Å². The molecule has 2 aromatic rings. The number of likely N-dealkylation sites (tertiary alicyclic amines) is 1. The smallest absolute Gasteiger partial charge is 0.245 e. The van der Waals surface area contributed by atoms with Gasteiger partial charge in [0.15, 0.2) is 11.6 Å². The first-order chi connectivity index (χ1) is 10.0. The summed E-state index contributed by atoms with van der Waals surface area (Å²) < 4.78 is 29.3. The molecule has 3 rings (SSSR count). The van der Waals surface area contributed by atoms with Crippen molar-refractivity contribution in [3.63, 3.8) is 0 Å². The summed E-state index contributed by atoms with van der Waals surface area (Å²) >= 11 is 5.76. The third-order valence-corrected chi connectivity index (χ3v) is 4.03. The number of halogens is 3. The second-order valence-corrected chi connectivity index (χ2v) is 5.51. The highest BCUT2D eigenvalue weighted by Gasteiger charge is 2.34. The van der Waals surface area contributed by atoms with E-state index in [0.29, 0.717) is 36.6 Å². The fraction of sp³-hybridized carbons (Fsp3) is 0.429. The molecule has 1 aliphatic rings. The maximum absolute atomic E-state index is 14.2. The first-order valence-electron chi connectivity index (χ1n) is 6.70. The van der Waals surface area contributed by atoms with Gasteiger partial charge in [-0.3, -0.25) is 4.79 Å². The molecule has 0 saturated carbocycles. The van der Waals surface area contributed by atoms with Crippen LogP contribution in [0.5, 0.6) is 0 Å². The Morgan fingerprint density at radius 2 is 2.19 bits per heavy atom. The number of aryl methyl sites for hydroxylation is 1. The lowest BCUT2D eigenvalue weighted by molar-refractivity contribution is -0.129. The predicted octanol–water partition coefficient (Wildman–Crippen LogP) is 2.50. The first-order valence-corrected chi connectivity index (χ1v) is 7.23. The molecule has 1 saturated heterocycles. The summed E-state index contributed by atoms with van der Waals surface area (Å²) in [5.74, 6) is -1.22. The van der Waals surface area contributed by atoms with Gasteiger partial charge in [-0.25, -0.2) is 13.8 Å². The van der Waals surface area contributed by atoms with Crippen LogP contribution in [0.15, 0.2) is 12.1 Å². The number of carbonyl (C=O) groups is 1. The van der Waals surface area contributed by atoms with Crippen LogP contribution in [0.1, 0.15) is 18.3 Å². The van der Waals surface area contributed by atoms with E-state index in [2.05, 4.69) is 4.98 Å². The highest BCUT2D eigenvalue weighted by Crippen LogP contribution is 2.31. The molecule has 0 aliphatic carbocycles. The van der Waals surface area contributed by atoms with Gasteiger partial charge in [-0.1, -0.05) is 0 Å². The largest absolute Gasteiger partial charge is 0.344 e. The molecule has 7 heteroatoms. The minimum absolute atomic E-state index is 0.0452. The number of benzene rings is 1. The third-order valence-electron chi connectivity index (χ3n) is 3.85. The number of rotatable bonds is 3. The van der Waals surface area contributed by atoms with E-state index >= 15 is 0 Å². The Hall–Kier alpha value is -1.69. The lowest BCUT2D eigenvalue weighted by atomic mass is 10.2. The quantitative estimate of drug-likeness (QED) is 0.817. The molecule has 1 unspecified atom stereocenters. The molecule has 21 heavy (non-hydrogen) atoms. The summed E-state index contributed by atoms with van der Waals surface area (Å²) in [7, 11) is 1.69. The van der Waals surface area contributed by atoms with Gasteiger partial charge >= 0.3 is 0 Å². The number of fused-ring (bicyclic) bond motifs is 1. The Labute approximate surface area is 125 Å². The lowest BCUT2D eigenvalue weighted by Gasteiger charge is -2.16. The van der Waals surface area contributed by atoms with E-state index in [1.807, 2.05) is 0 Å². The second kappa shape index (κ2) is 5.26. The average Bonchev–Trinajstić information content (AvgIpc) is 2.97. The van der Waals surface area contributed by atoms with E-state index in [-0.39, 0.29) is 11.4 Å². The van der Waals surface area contributed by atoms with Crippen molar-refractivity contribution in [1.82, 2.24) is 14.5 Å². The molecule has 1 fully saturated rings. The van der Waals surface area contributed by atoms with Crippen molar-refractivity contribution >= 4 is 28.5 Å². The molecule has 4 nitrogen and oxygen atoms in total. The zero-order valence-corrected chi connectivity index (χ0v) is 12.2. The van der Waals surface area contributed by atoms with Crippen molar-refractivity contribution in [2.24, 2.45) is 0 Å². The van der Waals surface area contributed by atoms with Crippen LogP contribution in [0.3, 0.4) is 0 Å². The molecule has 1 atom stereocenters. The topological polar surface area (TPSA) is 38.1 Å². The lowest BCUT2D eigenvalue weighted by Crippen LogP contribution is -2.25. The molecular formula is C14H14ClF2N3O. The van der Waals surface area contributed by atoms with E-state index in [4.69, 9.17) is 11.6 Å².